The monoisotopic (exact) mass is 364 g/mol. The van der Waals surface area contributed by atoms with Crippen molar-refractivity contribution in [2.45, 2.75) is 31.4 Å². The van der Waals surface area contributed by atoms with Gasteiger partial charge in [0.1, 0.15) is 0 Å². The van der Waals surface area contributed by atoms with Crippen molar-refractivity contribution >= 4 is 18.9 Å². The summed E-state index contributed by atoms with van der Waals surface area (Å²) in [6.07, 6.45) is 1.69. The van der Waals surface area contributed by atoms with Gasteiger partial charge in [0, 0.05) is 30.2 Å². The Bertz CT molecular complexity index is 716. The molecule has 1 N–H and O–H groups in total. The number of alkyl halides is 3. The maximum Gasteiger partial charge on any atom is 0.400 e. The van der Waals surface area contributed by atoms with Crippen LogP contribution in [0.25, 0.3) is 11.4 Å². The second-order valence-corrected chi connectivity index (χ2v) is 8.75. The summed E-state index contributed by atoms with van der Waals surface area (Å²) in [4.78, 5) is 7.69. The van der Waals surface area contributed by atoms with Crippen LogP contribution in [0, 0.1) is 0 Å². The summed E-state index contributed by atoms with van der Waals surface area (Å²) in [7, 11) is -2.55. The van der Waals surface area contributed by atoms with E-state index in [1.807, 2.05) is 13.8 Å². The van der Waals surface area contributed by atoms with Gasteiger partial charge in [-0.25, -0.2) is 0 Å². The van der Waals surface area contributed by atoms with Crippen molar-refractivity contribution in [2.24, 2.45) is 0 Å². The molecule has 23 heavy (non-hydrogen) atoms. The summed E-state index contributed by atoms with van der Waals surface area (Å²) in [6, 6.07) is 3.33. The molecule has 0 spiro atoms. The van der Waals surface area contributed by atoms with Crippen molar-refractivity contribution in [1.29, 1.82) is 0 Å². The fourth-order valence-electron chi connectivity index (χ4n) is 2.01. The Balaban J connectivity index is 2.14. The highest BCUT2D eigenvalue weighted by Crippen LogP contribution is 2.40. The lowest BCUT2D eigenvalue weighted by molar-refractivity contribution is 0.0551. The standard InChI is InChI=1S/C13H16ClF2N4O2P/c1-8(2)20-23(3,21)7-10-5-4-9(6-17-10)11-18-12(22-19-11)13(14,15)16/h4-6,8H,7H2,1-3H3,(H,20,21). The second kappa shape index (κ2) is 6.63. The molecule has 0 radical (unpaired) electrons. The molecule has 2 heterocycles. The second-order valence-electron chi connectivity index (χ2n) is 5.50. The van der Waals surface area contributed by atoms with Gasteiger partial charge >= 0.3 is 11.3 Å². The molecule has 0 saturated carbocycles. The van der Waals surface area contributed by atoms with Gasteiger partial charge < -0.3 is 9.09 Å². The molecule has 0 aliphatic carbocycles. The first-order valence-electron chi connectivity index (χ1n) is 6.77. The van der Waals surface area contributed by atoms with Crippen LogP contribution >= 0.6 is 18.9 Å². The average Bonchev–Trinajstić information content (AvgIpc) is 2.86. The Hall–Kier alpha value is -1.37. The first-order chi connectivity index (χ1) is 10.6. The van der Waals surface area contributed by atoms with Crippen LogP contribution in [-0.4, -0.2) is 27.8 Å². The first-order valence-corrected chi connectivity index (χ1v) is 9.49. The molecule has 0 aliphatic rings. The van der Waals surface area contributed by atoms with Crippen LogP contribution in [0.2, 0.25) is 0 Å². The predicted molar refractivity (Wildman–Crippen MR) is 82.8 cm³/mol. The highest BCUT2D eigenvalue weighted by molar-refractivity contribution is 7.60. The number of pyridine rings is 1. The largest absolute Gasteiger partial charge is 0.400 e. The van der Waals surface area contributed by atoms with Gasteiger partial charge in [0.05, 0.1) is 6.16 Å². The third kappa shape index (κ3) is 5.06. The quantitative estimate of drug-likeness (QED) is 0.620. The molecule has 2 aromatic rings. The fraction of sp³-hybridized carbons (Fsp3) is 0.462. The lowest BCUT2D eigenvalue weighted by atomic mass is 10.2. The van der Waals surface area contributed by atoms with E-state index in [9.17, 15) is 13.3 Å². The van der Waals surface area contributed by atoms with E-state index >= 15 is 0 Å². The Kier molecular flexibility index (Phi) is 5.18. The van der Waals surface area contributed by atoms with Crippen LogP contribution in [0.4, 0.5) is 8.78 Å². The van der Waals surface area contributed by atoms with Gasteiger partial charge in [0.2, 0.25) is 5.82 Å². The number of nitrogens with one attached hydrogen (secondary N) is 1. The molecule has 1 atom stereocenters. The molecule has 0 aliphatic heterocycles. The molecule has 0 aromatic carbocycles. The SMILES string of the molecule is CC(C)NP(C)(=O)Cc1ccc(-c2noc(C(F)(F)Cl)n2)cn1. The molecule has 0 bridgehead atoms. The van der Waals surface area contributed by atoms with E-state index in [2.05, 4.69) is 24.7 Å². The molecule has 2 rings (SSSR count). The normalized spacial score (nSPS) is 14.9. The summed E-state index contributed by atoms with van der Waals surface area (Å²) in [5.74, 6) is -1.02. The van der Waals surface area contributed by atoms with Crippen LogP contribution < -0.4 is 5.09 Å². The van der Waals surface area contributed by atoms with Gasteiger partial charge in [-0.2, -0.15) is 13.8 Å². The Morgan fingerprint density at radius 3 is 2.61 bits per heavy atom. The third-order valence-corrected chi connectivity index (χ3v) is 4.90. The zero-order valence-corrected chi connectivity index (χ0v) is 14.4. The molecular formula is C13H16ClF2N4O2P. The molecule has 2 aromatic heterocycles. The number of hydrogen-bond acceptors (Lipinski definition) is 5. The number of aromatic nitrogens is 3. The highest BCUT2D eigenvalue weighted by Gasteiger charge is 2.35. The first kappa shape index (κ1) is 18.0. The van der Waals surface area contributed by atoms with Crippen LogP contribution in [0.1, 0.15) is 25.4 Å². The van der Waals surface area contributed by atoms with Crippen LogP contribution in [0.15, 0.2) is 22.9 Å². The molecule has 0 fully saturated rings. The fourth-order valence-corrected chi connectivity index (χ4v) is 4.07. The van der Waals surface area contributed by atoms with Gasteiger partial charge in [0.25, 0.3) is 0 Å². The molecule has 0 saturated heterocycles. The van der Waals surface area contributed by atoms with Crippen LogP contribution in [0.3, 0.4) is 0 Å². The molecule has 10 heteroatoms. The van der Waals surface area contributed by atoms with Crippen molar-refractivity contribution in [3.63, 3.8) is 0 Å². The highest BCUT2D eigenvalue weighted by atomic mass is 35.5. The third-order valence-electron chi connectivity index (χ3n) is 2.75. The van der Waals surface area contributed by atoms with Gasteiger partial charge in [-0.15, -0.1) is 0 Å². The molecule has 0 amide bonds. The van der Waals surface area contributed by atoms with Crippen molar-refractivity contribution in [3.8, 4) is 11.4 Å². The Labute approximate surface area is 137 Å². The Morgan fingerprint density at radius 1 is 1.43 bits per heavy atom. The number of nitrogens with zero attached hydrogens (tertiary/aromatic N) is 3. The van der Waals surface area contributed by atoms with Crippen LogP contribution in [-0.2, 0) is 16.1 Å². The molecule has 1 unspecified atom stereocenters. The van der Waals surface area contributed by atoms with E-state index in [-0.39, 0.29) is 18.0 Å². The minimum atomic E-state index is -3.71. The van der Waals surface area contributed by atoms with Crippen molar-refractivity contribution in [3.05, 3.63) is 29.9 Å². The maximum atomic E-state index is 12.9. The summed E-state index contributed by atoms with van der Waals surface area (Å²) in [5.41, 5.74) is 1.01. The lowest BCUT2D eigenvalue weighted by Crippen LogP contribution is -2.20. The van der Waals surface area contributed by atoms with E-state index in [0.717, 1.165) is 0 Å². The van der Waals surface area contributed by atoms with Gasteiger partial charge in [-0.1, -0.05) is 5.16 Å². The van der Waals surface area contributed by atoms with E-state index in [4.69, 9.17) is 11.6 Å². The number of rotatable bonds is 6. The topological polar surface area (TPSA) is 80.9 Å². The van der Waals surface area contributed by atoms with E-state index in [1.165, 1.54) is 6.20 Å². The summed E-state index contributed by atoms with van der Waals surface area (Å²) < 4.78 is 42.5. The molecular weight excluding hydrogens is 349 g/mol. The smallest absolute Gasteiger partial charge is 0.331 e. The van der Waals surface area contributed by atoms with Gasteiger partial charge in [0.15, 0.2) is 7.29 Å². The molecule has 126 valence electrons. The van der Waals surface area contributed by atoms with Gasteiger partial charge in [-0.05, 0) is 37.6 Å². The summed E-state index contributed by atoms with van der Waals surface area (Å²) in [5, 5.41) is 2.74. The zero-order chi connectivity index (χ0) is 17.3. The number of hydrogen-bond donors (Lipinski definition) is 1. The van der Waals surface area contributed by atoms with Crippen LogP contribution in [0.5, 0.6) is 0 Å². The van der Waals surface area contributed by atoms with Gasteiger partial charge in [-0.3, -0.25) is 10.1 Å². The summed E-state index contributed by atoms with van der Waals surface area (Å²) in [6.45, 7) is 5.47. The minimum absolute atomic E-state index is 0.0423. The number of halogens is 3. The maximum absolute atomic E-state index is 12.9. The van der Waals surface area contributed by atoms with E-state index < -0.39 is 18.6 Å². The average molecular weight is 365 g/mol. The van der Waals surface area contributed by atoms with E-state index in [0.29, 0.717) is 11.3 Å². The van der Waals surface area contributed by atoms with Crippen molar-refractivity contribution < 1.29 is 17.9 Å². The van der Waals surface area contributed by atoms with E-state index in [1.54, 1.807) is 18.8 Å². The summed E-state index contributed by atoms with van der Waals surface area (Å²) >= 11 is 4.82. The minimum Gasteiger partial charge on any atom is -0.331 e. The molecule has 6 nitrogen and oxygen atoms in total. The zero-order valence-electron chi connectivity index (χ0n) is 12.8. The van der Waals surface area contributed by atoms with Crippen molar-refractivity contribution in [2.75, 3.05) is 6.66 Å². The predicted octanol–water partition coefficient (Wildman–Crippen LogP) is 3.83. The lowest BCUT2D eigenvalue weighted by Gasteiger charge is -2.17. The Morgan fingerprint density at radius 2 is 2.13 bits per heavy atom. The van der Waals surface area contributed by atoms with Crippen molar-refractivity contribution in [1.82, 2.24) is 20.2 Å².